The third-order valence-electron chi connectivity index (χ3n) is 9.48. The van der Waals surface area contributed by atoms with Gasteiger partial charge in [-0.3, -0.25) is 18.8 Å². The smallest absolute Gasteiger partial charge is 0.262 e. The van der Waals surface area contributed by atoms with E-state index in [-0.39, 0.29) is 34.6 Å². The molecule has 5 aromatic rings. The Hall–Kier alpha value is -4.52. The van der Waals surface area contributed by atoms with Crippen LogP contribution in [-0.4, -0.2) is 58.5 Å². The van der Waals surface area contributed by atoms with Crippen molar-refractivity contribution in [3.05, 3.63) is 104 Å². The van der Waals surface area contributed by atoms with E-state index >= 15 is 0 Å². The lowest BCUT2D eigenvalue weighted by atomic mass is 9.97. The van der Waals surface area contributed by atoms with Gasteiger partial charge in [-0.15, -0.1) is 0 Å². The molecule has 3 aromatic heterocycles. The first kappa shape index (κ1) is 35.9. The van der Waals surface area contributed by atoms with Gasteiger partial charge in [-0.05, 0) is 30.5 Å². The van der Waals surface area contributed by atoms with Crippen molar-refractivity contribution in [3.63, 3.8) is 0 Å². The summed E-state index contributed by atoms with van der Waals surface area (Å²) in [6.07, 6.45) is 5.93. The molecule has 2 amide bonds. The Balaban J connectivity index is 1.12. The third-order valence-corrected chi connectivity index (χ3v) is 10.6. The zero-order chi connectivity index (χ0) is 36.4. The van der Waals surface area contributed by atoms with E-state index < -0.39 is 0 Å². The summed E-state index contributed by atoms with van der Waals surface area (Å²) in [6, 6.07) is 17.0. The highest BCUT2D eigenvalue weighted by molar-refractivity contribution is 6.39. The van der Waals surface area contributed by atoms with E-state index in [2.05, 4.69) is 31.2 Å². The van der Waals surface area contributed by atoms with E-state index in [1.165, 1.54) is 4.40 Å². The molecule has 7 rings (SSSR count). The predicted octanol–water partition coefficient (Wildman–Crippen LogP) is 5.80. The van der Waals surface area contributed by atoms with Gasteiger partial charge in [0.05, 0.1) is 22.8 Å². The Bertz CT molecular complexity index is 2250. The molecule has 0 spiro atoms. The zero-order valence-electron chi connectivity index (χ0n) is 28.3. The fraction of sp³-hybridized carbons (Fsp3) is 0.289. The van der Waals surface area contributed by atoms with Crippen LogP contribution in [0.5, 0.6) is 5.75 Å². The van der Waals surface area contributed by atoms with Gasteiger partial charge >= 0.3 is 0 Å². The summed E-state index contributed by atoms with van der Waals surface area (Å²) in [5, 5.41) is 13.7. The van der Waals surface area contributed by atoms with E-state index in [0.29, 0.717) is 94.0 Å². The number of hydrogen-bond acceptors (Lipinski definition) is 8. The molecule has 5 heterocycles. The van der Waals surface area contributed by atoms with Crippen LogP contribution >= 0.6 is 34.8 Å². The number of ether oxygens (including phenoxy) is 1. The average molecular weight is 761 g/mol. The second-order valence-corrected chi connectivity index (χ2v) is 14.0. The Morgan fingerprint density at radius 1 is 0.827 bits per heavy atom. The molecule has 268 valence electrons. The molecule has 2 unspecified atom stereocenters. The maximum atomic E-state index is 13.3. The van der Waals surface area contributed by atoms with Gasteiger partial charge in [0.25, 0.3) is 5.56 Å². The van der Waals surface area contributed by atoms with Crippen LogP contribution in [0.15, 0.2) is 71.8 Å². The van der Waals surface area contributed by atoms with Crippen LogP contribution in [-0.2, 0) is 22.7 Å². The summed E-state index contributed by atoms with van der Waals surface area (Å²) >= 11 is 20.9. The van der Waals surface area contributed by atoms with Crippen LogP contribution in [0.2, 0.25) is 15.2 Å². The topological polar surface area (TPSA) is 139 Å². The maximum Gasteiger partial charge on any atom is 0.262 e. The summed E-state index contributed by atoms with van der Waals surface area (Å²) in [6.45, 7) is 1.95. The number of fused-ring (bicyclic) bond motifs is 1. The number of nitrogens with zero attached hydrogens (tertiary/aromatic N) is 3. The van der Waals surface area contributed by atoms with Crippen LogP contribution in [0.4, 0.5) is 0 Å². The number of methoxy groups -OCH3 is 1. The lowest BCUT2D eigenvalue weighted by molar-refractivity contribution is -0.120. The molecule has 14 heteroatoms. The molecule has 2 fully saturated rings. The van der Waals surface area contributed by atoms with Gasteiger partial charge in [0, 0.05) is 103 Å². The summed E-state index contributed by atoms with van der Waals surface area (Å²) in [4.78, 5) is 45.5. The highest BCUT2D eigenvalue weighted by atomic mass is 35.5. The van der Waals surface area contributed by atoms with E-state index in [9.17, 15) is 14.4 Å². The van der Waals surface area contributed by atoms with Crippen molar-refractivity contribution >= 4 is 52.3 Å². The summed E-state index contributed by atoms with van der Waals surface area (Å²) in [5.41, 5.74) is 5.69. The number of halogens is 3. The molecule has 4 N–H and O–H groups in total. The molecule has 0 bridgehead atoms. The molecule has 2 aliphatic rings. The minimum atomic E-state index is -0.170. The Morgan fingerprint density at radius 2 is 1.44 bits per heavy atom. The average Bonchev–Trinajstić information content (AvgIpc) is 3.76. The Kier molecular flexibility index (Phi) is 10.8. The molecule has 11 nitrogen and oxygen atoms in total. The molecule has 2 aliphatic heterocycles. The van der Waals surface area contributed by atoms with Crippen LogP contribution in [0.1, 0.15) is 36.8 Å². The SMILES string of the molecule is COc1cc(-c2cccc(-c3cccc(-c4ccn5c(=O)c(CNCC6CCC(=O)N6)cnc5c4)c3Cl)c2Cl)nc(Cl)c1CNCC1CCC(=O)N1. The van der Waals surface area contributed by atoms with Crippen molar-refractivity contribution in [1.82, 2.24) is 35.6 Å². The lowest BCUT2D eigenvalue weighted by Crippen LogP contribution is -2.36. The van der Waals surface area contributed by atoms with Crippen molar-refractivity contribution in [2.45, 2.75) is 50.9 Å². The van der Waals surface area contributed by atoms with Crippen LogP contribution in [0, 0.1) is 0 Å². The zero-order valence-corrected chi connectivity index (χ0v) is 30.5. The Morgan fingerprint density at radius 3 is 2.08 bits per heavy atom. The lowest BCUT2D eigenvalue weighted by Gasteiger charge is -2.17. The number of amides is 2. The fourth-order valence-electron chi connectivity index (χ4n) is 6.71. The second-order valence-electron chi connectivity index (χ2n) is 12.9. The number of hydrogen-bond donors (Lipinski definition) is 4. The molecular weight excluding hydrogens is 725 g/mol. The monoisotopic (exact) mass is 759 g/mol. The van der Waals surface area contributed by atoms with Gasteiger partial charge in [-0.25, -0.2) is 9.97 Å². The molecule has 52 heavy (non-hydrogen) atoms. The summed E-state index contributed by atoms with van der Waals surface area (Å²) in [5.74, 6) is 0.684. The molecule has 0 aliphatic carbocycles. The molecule has 0 radical (unpaired) electrons. The van der Waals surface area contributed by atoms with Crippen molar-refractivity contribution in [3.8, 4) is 39.3 Å². The number of carbonyl (C=O) groups excluding carboxylic acids is 2. The van der Waals surface area contributed by atoms with Crippen molar-refractivity contribution in [2.75, 3.05) is 20.2 Å². The number of benzene rings is 2. The van der Waals surface area contributed by atoms with Gasteiger partial charge in [0.2, 0.25) is 11.8 Å². The first-order chi connectivity index (χ1) is 25.2. The first-order valence-electron chi connectivity index (χ1n) is 17.0. The normalized spacial score (nSPS) is 17.1. The first-order valence-corrected chi connectivity index (χ1v) is 18.2. The highest BCUT2D eigenvalue weighted by Gasteiger charge is 2.23. The molecule has 2 atom stereocenters. The quantitative estimate of drug-likeness (QED) is 0.117. The van der Waals surface area contributed by atoms with Gasteiger partial charge in [-0.1, -0.05) is 71.2 Å². The minimum Gasteiger partial charge on any atom is -0.496 e. The summed E-state index contributed by atoms with van der Waals surface area (Å²) in [7, 11) is 1.58. The standard InChI is InChI=1S/C38H36Cl3N7O4/c1-52-31-15-30(47-37(41)29(31)20-43-19-24-9-11-34(50)46-24)28-7-3-6-27(36(28)40)26-5-2-4-25(35(26)39)21-12-13-48-32(14-21)44-17-22(38(48)51)16-42-18-23-8-10-33(49)45-23/h2-7,12-15,17,23-24,42-43H,8-11,16,18-20H2,1H3,(H,45,49)(H,46,50). The van der Waals surface area contributed by atoms with Gasteiger partial charge < -0.3 is 26.0 Å². The number of pyridine rings is 2. The van der Waals surface area contributed by atoms with E-state index in [4.69, 9.17) is 39.5 Å². The van der Waals surface area contributed by atoms with Crippen LogP contribution < -0.4 is 31.6 Å². The highest BCUT2D eigenvalue weighted by Crippen LogP contribution is 2.43. The molecule has 2 saturated heterocycles. The van der Waals surface area contributed by atoms with Gasteiger partial charge in [-0.2, -0.15) is 0 Å². The van der Waals surface area contributed by atoms with E-state index in [0.717, 1.165) is 24.0 Å². The third kappa shape index (κ3) is 7.51. The predicted molar refractivity (Wildman–Crippen MR) is 203 cm³/mol. The Labute approximate surface area is 315 Å². The molecule has 2 aromatic carbocycles. The van der Waals surface area contributed by atoms with E-state index in [1.54, 1.807) is 19.5 Å². The summed E-state index contributed by atoms with van der Waals surface area (Å²) < 4.78 is 7.22. The fourth-order valence-corrected chi connectivity index (χ4v) is 7.63. The van der Waals surface area contributed by atoms with Crippen LogP contribution in [0.3, 0.4) is 0 Å². The minimum absolute atomic E-state index is 0.0564. The van der Waals surface area contributed by atoms with Crippen molar-refractivity contribution in [2.24, 2.45) is 0 Å². The number of aromatic nitrogens is 3. The largest absolute Gasteiger partial charge is 0.496 e. The molecule has 0 saturated carbocycles. The van der Waals surface area contributed by atoms with Gasteiger partial charge in [0.15, 0.2) is 0 Å². The maximum absolute atomic E-state index is 13.3. The number of carbonyl (C=O) groups is 2. The van der Waals surface area contributed by atoms with Crippen molar-refractivity contribution < 1.29 is 14.3 Å². The molecular formula is C38H36Cl3N7O4. The van der Waals surface area contributed by atoms with Crippen LogP contribution in [0.25, 0.3) is 39.2 Å². The number of rotatable bonds is 12. The van der Waals surface area contributed by atoms with Crippen molar-refractivity contribution in [1.29, 1.82) is 0 Å². The van der Waals surface area contributed by atoms with Gasteiger partial charge in [0.1, 0.15) is 16.5 Å². The second kappa shape index (κ2) is 15.6. The van der Waals surface area contributed by atoms with E-state index in [1.807, 2.05) is 54.6 Å². The number of nitrogens with one attached hydrogen (secondary N) is 4.